The third kappa shape index (κ3) is 5.89. The molecule has 0 aliphatic carbocycles. The first-order chi connectivity index (χ1) is 8.82. The van der Waals surface area contributed by atoms with Crippen LogP contribution in [0, 0.1) is 0 Å². The van der Waals surface area contributed by atoms with Gasteiger partial charge in [0.15, 0.2) is 9.84 Å². The van der Waals surface area contributed by atoms with Crippen LogP contribution < -0.4 is 5.32 Å². The minimum atomic E-state index is -3.55. The Balaban J connectivity index is 2.60. The molecule has 0 radical (unpaired) electrons. The SMILES string of the molecule is COC(=O)CS(=O)(=O)Cc1ccc(CNC(C)C)o1. The topological polar surface area (TPSA) is 85.6 Å². The number of methoxy groups -OCH3 is 1. The van der Waals surface area contributed by atoms with Crippen LogP contribution in [0.15, 0.2) is 16.5 Å². The summed E-state index contributed by atoms with van der Waals surface area (Å²) < 4.78 is 33.1. The van der Waals surface area contributed by atoms with Crippen molar-refractivity contribution >= 4 is 15.8 Å². The zero-order chi connectivity index (χ0) is 14.5. The van der Waals surface area contributed by atoms with E-state index >= 15 is 0 Å². The highest BCUT2D eigenvalue weighted by Crippen LogP contribution is 2.12. The summed E-state index contributed by atoms with van der Waals surface area (Å²) in [6, 6.07) is 3.64. The zero-order valence-corrected chi connectivity index (χ0v) is 12.1. The fourth-order valence-corrected chi connectivity index (χ4v) is 2.57. The van der Waals surface area contributed by atoms with Crippen molar-refractivity contribution in [3.63, 3.8) is 0 Å². The minimum absolute atomic E-state index is 0.302. The second-order valence-electron chi connectivity index (χ2n) is 4.51. The standard InChI is InChI=1S/C12H19NO5S/c1-9(2)13-6-10-4-5-11(18-10)7-19(15,16)8-12(14)17-3/h4-5,9,13H,6-8H2,1-3H3. The molecule has 0 bridgehead atoms. The molecule has 1 aromatic heterocycles. The van der Waals surface area contributed by atoms with E-state index in [9.17, 15) is 13.2 Å². The maximum absolute atomic E-state index is 11.7. The van der Waals surface area contributed by atoms with E-state index in [1.165, 1.54) is 0 Å². The number of nitrogens with one attached hydrogen (secondary N) is 1. The van der Waals surface area contributed by atoms with Gasteiger partial charge in [-0.2, -0.15) is 0 Å². The van der Waals surface area contributed by atoms with E-state index in [0.717, 1.165) is 7.11 Å². The number of carbonyl (C=O) groups is 1. The fraction of sp³-hybridized carbons (Fsp3) is 0.583. The van der Waals surface area contributed by atoms with Crippen molar-refractivity contribution in [3.05, 3.63) is 23.7 Å². The number of sulfone groups is 1. The van der Waals surface area contributed by atoms with Gasteiger partial charge in [-0.15, -0.1) is 0 Å². The molecule has 0 saturated carbocycles. The molecule has 0 aliphatic heterocycles. The molecule has 0 aromatic carbocycles. The van der Waals surface area contributed by atoms with Crippen molar-refractivity contribution in [2.45, 2.75) is 32.2 Å². The van der Waals surface area contributed by atoms with Gasteiger partial charge in [-0.25, -0.2) is 8.42 Å². The molecule has 0 fully saturated rings. The summed E-state index contributed by atoms with van der Waals surface area (Å²) in [6.07, 6.45) is 0. The maximum Gasteiger partial charge on any atom is 0.320 e. The highest BCUT2D eigenvalue weighted by Gasteiger charge is 2.19. The van der Waals surface area contributed by atoms with Gasteiger partial charge in [-0.1, -0.05) is 13.8 Å². The molecule has 0 unspecified atom stereocenters. The van der Waals surface area contributed by atoms with E-state index in [1.807, 2.05) is 13.8 Å². The van der Waals surface area contributed by atoms with E-state index in [-0.39, 0.29) is 5.75 Å². The van der Waals surface area contributed by atoms with Gasteiger partial charge >= 0.3 is 5.97 Å². The van der Waals surface area contributed by atoms with Crippen LogP contribution in [-0.2, 0) is 31.7 Å². The van der Waals surface area contributed by atoms with Crippen LogP contribution in [0.3, 0.4) is 0 Å². The second-order valence-corrected chi connectivity index (χ2v) is 6.58. The number of furan rings is 1. The van der Waals surface area contributed by atoms with Crippen LogP contribution >= 0.6 is 0 Å². The quantitative estimate of drug-likeness (QED) is 0.749. The van der Waals surface area contributed by atoms with Crippen LogP contribution in [0.2, 0.25) is 0 Å². The monoisotopic (exact) mass is 289 g/mol. The second kappa shape index (κ2) is 6.72. The molecular weight excluding hydrogens is 270 g/mol. The van der Waals surface area contributed by atoms with Gasteiger partial charge in [-0.05, 0) is 12.1 Å². The largest absolute Gasteiger partial charge is 0.468 e. The molecule has 7 heteroatoms. The number of rotatable bonds is 7. The van der Waals surface area contributed by atoms with Gasteiger partial charge < -0.3 is 14.5 Å². The van der Waals surface area contributed by atoms with Gasteiger partial charge in [-0.3, -0.25) is 4.79 Å². The Morgan fingerprint density at radius 1 is 1.37 bits per heavy atom. The molecule has 6 nitrogen and oxygen atoms in total. The molecule has 108 valence electrons. The van der Waals surface area contributed by atoms with E-state index in [0.29, 0.717) is 24.1 Å². The van der Waals surface area contributed by atoms with E-state index in [1.54, 1.807) is 12.1 Å². The molecule has 1 N–H and O–H groups in total. The normalized spacial score (nSPS) is 11.8. The fourth-order valence-electron chi connectivity index (χ4n) is 1.41. The highest BCUT2D eigenvalue weighted by atomic mass is 32.2. The van der Waals surface area contributed by atoms with E-state index in [4.69, 9.17) is 4.42 Å². The van der Waals surface area contributed by atoms with E-state index < -0.39 is 21.6 Å². The number of carbonyl (C=O) groups excluding carboxylic acids is 1. The zero-order valence-electron chi connectivity index (χ0n) is 11.3. The van der Waals surface area contributed by atoms with Gasteiger partial charge in [0.25, 0.3) is 0 Å². The highest BCUT2D eigenvalue weighted by molar-refractivity contribution is 7.91. The van der Waals surface area contributed by atoms with Gasteiger partial charge in [0, 0.05) is 6.04 Å². The Hall–Kier alpha value is -1.34. The van der Waals surface area contributed by atoms with Crippen LogP contribution in [0.25, 0.3) is 0 Å². The summed E-state index contributed by atoms with van der Waals surface area (Å²) in [5, 5.41) is 3.16. The van der Waals surface area contributed by atoms with Gasteiger partial charge in [0.2, 0.25) is 0 Å². The Kier molecular flexibility index (Phi) is 5.56. The molecule has 0 atom stereocenters. The molecule has 1 aromatic rings. The summed E-state index contributed by atoms with van der Waals surface area (Å²) in [4.78, 5) is 11.0. The van der Waals surface area contributed by atoms with Crippen LogP contribution in [0.4, 0.5) is 0 Å². The summed E-state index contributed by atoms with van der Waals surface area (Å²) in [5.74, 6) is -0.720. The Morgan fingerprint density at radius 3 is 2.58 bits per heavy atom. The van der Waals surface area contributed by atoms with Crippen LogP contribution in [-0.4, -0.2) is 33.3 Å². The molecule has 19 heavy (non-hydrogen) atoms. The van der Waals surface area contributed by atoms with Crippen molar-refractivity contribution < 1.29 is 22.4 Å². The average Bonchev–Trinajstić information content (AvgIpc) is 2.72. The van der Waals surface area contributed by atoms with E-state index in [2.05, 4.69) is 10.1 Å². The number of hydrogen-bond acceptors (Lipinski definition) is 6. The summed E-state index contributed by atoms with van der Waals surface area (Å²) in [6.45, 7) is 4.55. The molecule has 1 heterocycles. The lowest BCUT2D eigenvalue weighted by atomic mass is 10.3. The molecule has 0 aliphatic rings. The third-order valence-electron chi connectivity index (χ3n) is 2.33. The maximum atomic E-state index is 11.7. The molecule has 0 spiro atoms. The summed E-state index contributed by atoms with van der Waals surface area (Å²) in [5.41, 5.74) is 0. The summed E-state index contributed by atoms with van der Waals surface area (Å²) in [7, 11) is -2.40. The first-order valence-corrected chi connectivity index (χ1v) is 7.73. The Labute approximate surface area is 113 Å². The average molecular weight is 289 g/mol. The number of ether oxygens (including phenoxy) is 1. The lowest BCUT2D eigenvalue weighted by molar-refractivity contribution is -0.137. The van der Waals surface area contributed by atoms with Crippen molar-refractivity contribution in [2.75, 3.05) is 12.9 Å². The minimum Gasteiger partial charge on any atom is -0.468 e. The van der Waals surface area contributed by atoms with Gasteiger partial charge in [0.05, 0.1) is 13.7 Å². The van der Waals surface area contributed by atoms with Crippen LogP contribution in [0.5, 0.6) is 0 Å². The van der Waals surface area contributed by atoms with Crippen molar-refractivity contribution in [1.82, 2.24) is 5.32 Å². The molecule has 0 amide bonds. The lowest BCUT2D eigenvalue weighted by Gasteiger charge is -2.05. The van der Waals surface area contributed by atoms with Gasteiger partial charge in [0.1, 0.15) is 23.0 Å². The number of hydrogen-bond donors (Lipinski definition) is 1. The Morgan fingerprint density at radius 2 is 2.00 bits per heavy atom. The predicted molar refractivity (Wildman–Crippen MR) is 70.2 cm³/mol. The first kappa shape index (κ1) is 15.7. The van der Waals surface area contributed by atoms with Crippen LogP contribution in [0.1, 0.15) is 25.4 Å². The molecule has 0 saturated heterocycles. The summed E-state index contributed by atoms with van der Waals surface area (Å²) >= 11 is 0. The smallest absolute Gasteiger partial charge is 0.320 e. The first-order valence-electron chi connectivity index (χ1n) is 5.90. The van der Waals surface area contributed by atoms with Crippen molar-refractivity contribution in [1.29, 1.82) is 0 Å². The van der Waals surface area contributed by atoms with Crippen molar-refractivity contribution in [3.8, 4) is 0 Å². The third-order valence-corrected chi connectivity index (χ3v) is 3.73. The lowest BCUT2D eigenvalue weighted by Crippen LogP contribution is -2.21. The number of esters is 1. The predicted octanol–water partition coefficient (Wildman–Crippen LogP) is 0.865. The Bertz CT molecular complexity index is 518. The molecular formula is C12H19NO5S. The van der Waals surface area contributed by atoms with Crippen molar-refractivity contribution in [2.24, 2.45) is 0 Å². The molecule has 1 rings (SSSR count).